The summed E-state index contributed by atoms with van der Waals surface area (Å²) >= 11 is 0. The van der Waals surface area contributed by atoms with Crippen molar-refractivity contribution in [2.75, 3.05) is 19.7 Å². The molecule has 104 valence electrons. The molecule has 0 unspecified atom stereocenters. The fourth-order valence-electron chi connectivity index (χ4n) is 1.45. The molecule has 1 rings (SSSR count). The maximum Gasteiger partial charge on any atom is 0.314 e. The zero-order valence-corrected chi connectivity index (χ0v) is 10.8. The number of benzene rings is 1. The highest BCUT2D eigenvalue weighted by molar-refractivity contribution is 5.47. The molecular weight excluding hydrogens is 251 g/mol. The Kier molecular flexibility index (Phi) is 5.95. The van der Waals surface area contributed by atoms with Gasteiger partial charge >= 0.3 is 5.69 Å². The number of nitro groups is 1. The maximum absolute atomic E-state index is 13.5. The van der Waals surface area contributed by atoms with Gasteiger partial charge in [-0.1, -0.05) is 19.6 Å². The van der Waals surface area contributed by atoms with Crippen molar-refractivity contribution in [1.82, 2.24) is 5.32 Å². The van der Waals surface area contributed by atoms with E-state index in [1.165, 1.54) is 12.1 Å². The monoisotopic (exact) mass is 268 g/mol. The third-order valence-electron chi connectivity index (χ3n) is 2.37. The first-order valence-electron chi connectivity index (χ1n) is 5.99. The first kappa shape index (κ1) is 15.1. The van der Waals surface area contributed by atoms with Gasteiger partial charge in [-0.2, -0.15) is 0 Å². The van der Waals surface area contributed by atoms with E-state index in [9.17, 15) is 14.5 Å². The number of nitro benzene ring substituents is 1. The second-order valence-corrected chi connectivity index (χ2v) is 4.06. The Morgan fingerprint density at radius 1 is 1.58 bits per heavy atom. The lowest BCUT2D eigenvalue weighted by Gasteiger charge is -2.10. The molecule has 0 atom stereocenters. The summed E-state index contributed by atoms with van der Waals surface area (Å²) in [6.45, 7) is 7.23. The number of rotatable bonds is 8. The molecule has 0 amide bonds. The average molecular weight is 268 g/mol. The smallest absolute Gasteiger partial charge is 0.314 e. The van der Waals surface area contributed by atoms with Crippen LogP contribution in [0.1, 0.15) is 13.3 Å². The van der Waals surface area contributed by atoms with Crippen LogP contribution in [-0.2, 0) is 0 Å². The number of halogens is 1. The minimum absolute atomic E-state index is 0.0402. The predicted molar refractivity (Wildman–Crippen MR) is 70.9 cm³/mol. The predicted octanol–water partition coefficient (Wildman–Crippen LogP) is 2.67. The molecule has 19 heavy (non-hydrogen) atoms. The Bertz CT molecular complexity index is 463. The lowest BCUT2D eigenvalue weighted by Crippen LogP contribution is -2.20. The molecule has 0 saturated carbocycles. The van der Waals surface area contributed by atoms with E-state index in [1.807, 2.05) is 6.92 Å². The van der Waals surface area contributed by atoms with Crippen LogP contribution < -0.4 is 10.1 Å². The Hall–Kier alpha value is -1.95. The van der Waals surface area contributed by atoms with Crippen LogP contribution in [0.4, 0.5) is 10.1 Å². The van der Waals surface area contributed by atoms with Gasteiger partial charge in [-0.3, -0.25) is 10.1 Å². The Morgan fingerprint density at radius 3 is 2.95 bits per heavy atom. The summed E-state index contributed by atoms with van der Waals surface area (Å²) in [6.07, 6.45) is 0.993. The van der Waals surface area contributed by atoms with Crippen LogP contribution in [0.5, 0.6) is 5.75 Å². The number of ether oxygens (including phenoxy) is 1. The summed E-state index contributed by atoms with van der Waals surface area (Å²) in [4.78, 5) is 10.1. The topological polar surface area (TPSA) is 64.4 Å². The second kappa shape index (κ2) is 7.48. The average Bonchev–Trinajstić information content (AvgIpc) is 2.37. The molecule has 0 aliphatic heterocycles. The zero-order valence-electron chi connectivity index (χ0n) is 10.8. The molecule has 1 aromatic carbocycles. The first-order chi connectivity index (χ1) is 9.06. The molecule has 0 saturated heterocycles. The molecule has 0 bridgehead atoms. The Balaban J connectivity index is 2.62. The summed E-state index contributed by atoms with van der Waals surface area (Å²) in [6, 6.07) is 3.61. The van der Waals surface area contributed by atoms with Crippen molar-refractivity contribution >= 4 is 5.69 Å². The lowest BCUT2D eigenvalue weighted by atomic mass is 10.2. The van der Waals surface area contributed by atoms with Crippen molar-refractivity contribution < 1.29 is 14.1 Å². The molecule has 0 aliphatic carbocycles. The third-order valence-corrected chi connectivity index (χ3v) is 2.37. The lowest BCUT2D eigenvalue weighted by molar-refractivity contribution is -0.386. The molecule has 0 heterocycles. The molecular formula is C13H17FN2O3. The fraction of sp³-hybridized carbons (Fsp3) is 0.385. The number of hydrogen-bond acceptors (Lipinski definition) is 4. The third kappa shape index (κ3) is 4.67. The van der Waals surface area contributed by atoms with Gasteiger partial charge in [0, 0.05) is 12.6 Å². The van der Waals surface area contributed by atoms with Gasteiger partial charge in [-0.05, 0) is 24.6 Å². The van der Waals surface area contributed by atoms with Crippen molar-refractivity contribution in [3.05, 3.63) is 46.3 Å². The summed E-state index contributed by atoms with van der Waals surface area (Å²) in [5.74, 6) is -1.09. The number of para-hydroxylation sites is 1. The molecule has 0 spiro atoms. The first-order valence-corrected chi connectivity index (χ1v) is 5.99. The summed E-state index contributed by atoms with van der Waals surface area (Å²) in [7, 11) is 0. The van der Waals surface area contributed by atoms with Gasteiger partial charge in [0.25, 0.3) is 0 Å². The summed E-state index contributed by atoms with van der Waals surface area (Å²) in [5.41, 5.74) is 0.320. The van der Waals surface area contributed by atoms with Crippen molar-refractivity contribution in [3.8, 4) is 5.75 Å². The SMILES string of the molecule is C=C(CNCCC)COc1c(F)cccc1[N+](=O)[O-]. The van der Waals surface area contributed by atoms with Crippen molar-refractivity contribution in [3.63, 3.8) is 0 Å². The summed E-state index contributed by atoms with van der Waals surface area (Å²) in [5, 5.41) is 13.9. The molecule has 6 heteroatoms. The van der Waals surface area contributed by atoms with E-state index >= 15 is 0 Å². The second-order valence-electron chi connectivity index (χ2n) is 4.06. The highest BCUT2D eigenvalue weighted by atomic mass is 19.1. The number of nitrogens with one attached hydrogen (secondary N) is 1. The zero-order chi connectivity index (χ0) is 14.3. The largest absolute Gasteiger partial charge is 0.480 e. The molecule has 1 N–H and O–H groups in total. The van der Waals surface area contributed by atoms with Crippen LogP contribution in [-0.4, -0.2) is 24.6 Å². The van der Waals surface area contributed by atoms with E-state index in [-0.39, 0.29) is 18.0 Å². The van der Waals surface area contributed by atoms with E-state index in [0.717, 1.165) is 19.0 Å². The molecule has 0 fully saturated rings. The fourth-order valence-corrected chi connectivity index (χ4v) is 1.45. The van der Waals surface area contributed by atoms with Crippen LogP contribution >= 0.6 is 0 Å². The van der Waals surface area contributed by atoms with Gasteiger partial charge in [0.2, 0.25) is 5.75 Å². The number of nitrogens with zero attached hydrogens (tertiary/aromatic N) is 1. The Morgan fingerprint density at radius 2 is 2.32 bits per heavy atom. The van der Waals surface area contributed by atoms with Gasteiger partial charge < -0.3 is 10.1 Å². The molecule has 1 aromatic rings. The molecule has 0 radical (unpaired) electrons. The van der Waals surface area contributed by atoms with Crippen molar-refractivity contribution in [2.45, 2.75) is 13.3 Å². The van der Waals surface area contributed by atoms with E-state index in [0.29, 0.717) is 12.1 Å². The van der Waals surface area contributed by atoms with Crippen molar-refractivity contribution in [1.29, 1.82) is 0 Å². The molecule has 0 aliphatic rings. The van der Waals surface area contributed by atoms with Crippen LogP contribution in [0.2, 0.25) is 0 Å². The van der Waals surface area contributed by atoms with Crippen LogP contribution in [0.3, 0.4) is 0 Å². The molecule has 5 nitrogen and oxygen atoms in total. The van der Waals surface area contributed by atoms with E-state index in [2.05, 4.69) is 11.9 Å². The van der Waals surface area contributed by atoms with Crippen molar-refractivity contribution in [2.24, 2.45) is 0 Å². The highest BCUT2D eigenvalue weighted by Gasteiger charge is 2.19. The van der Waals surface area contributed by atoms with Gasteiger partial charge in [-0.25, -0.2) is 4.39 Å². The summed E-state index contributed by atoms with van der Waals surface area (Å²) < 4.78 is 18.7. The normalized spacial score (nSPS) is 10.2. The van der Waals surface area contributed by atoms with Gasteiger partial charge in [0.15, 0.2) is 5.82 Å². The minimum atomic E-state index is -0.747. The standard InChI is InChI=1S/C13H17FN2O3/c1-3-7-15-8-10(2)9-19-13-11(14)5-4-6-12(13)16(17)18/h4-6,15H,2-3,7-9H2,1H3. The Labute approximate surface area is 111 Å². The van der Waals surface area contributed by atoms with Crippen LogP contribution in [0, 0.1) is 15.9 Å². The minimum Gasteiger partial charge on any atom is -0.480 e. The molecule has 0 aromatic heterocycles. The maximum atomic E-state index is 13.5. The van der Waals surface area contributed by atoms with Gasteiger partial charge in [-0.15, -0.1) is 0 Å². The van der Waals surface area contributed by atoms with Gasteiger partial charge in [0.05, 0.1) is 4.92 Å². The highest BCUT2D eigenvalue weighted by Crippen LogP contribution is 2.29. The van der Waals surface area contributed by atoms with Crippen LogP contribution in [0.15, 0.2) is 30.4 Å². The van der Waals surface area contributed by atoms with Crippen LogP contribution in [0.25, 0.3) is 0 Å². The number of hydrogen-bond donors (Lipinski definition) is 1. The quantitative estimate of drug-likeness (QED) is 0.341. The van der Waals surface area contributed by atoms with E-state index in [4.69, 9.17) is 4.74 Å². The van der Waals surface area contributed by atoms with E-state index < -0.39 is 10.7 Å². The van der Waals surface area contributed by atoms with Gasteiger partial charge in [0.1, 0.15) is 6.61 Å². The van der Waals surface area contributed by atoms with E-state index in [1.54, 1.807) is 0 Å².